The molecule has 3 aromatic rings. The fourth-order valence-electron chi connectivity index (χ4n) is 3.18. The van der Waals surface area contributed by atoms with Crippen molar-refractivity contribution in [1.29, 1.82) is 0 Å². The Labute approximate surface area is 154 Å². The third kappa shape index (κ3) is 3.01. The second-order valence-electron chi connectivity index (χ2n) is 6.01. The highest BCUT2D eigenvalue weighted by Crippen LogP contribution is 2.45. The number of benzene rings is 1. The predicted molar refractivity (Wildman–Crippen MR) is 106 cm³/mol. The van der Waals surface area contributed by atoms with Crippen molar-refractivity contribution in [3.63, 3.8) is 0 Å². The Morgan fingerprint density at radius 2 is 2.24 bits per heavy atom. The summed E-state index contributed by atoms with van der Waals surface area (Å²) < 4.78 is 1.17. The van der Waals surface area contributed by atoms with Gasteiger partial charge in [0.1, 0.15) is 10.0 Å². The summed E-state index contributed by atoms with van der Waals surface area (Å²) in [6.07, 6.45) is 2.31. The van der Waals surface area contributed by atoms with Gasteiger partial charge in [-0.1, -0.05) is 25.6 Å². The smallest absolute Gasteiger partial charge is 0.248 e. The summed E-state index contributed by atoms with van der Waals surface area (Å²) in [6.45, 7) is 8.80. The molecule has 1 aromatic carbocycles. The molecule has 1 amide bonds. The number of aromatic nitrogens is 1. The molecule has 0 unspecified atom stereocenters. The van der Waals surface area contributed by atoms with Crippen LogP contribution in [0.2, 0.25) is 0 Å². The van der Waals surface area contributed by atoms with Crippen molar-refractivity contribution in [2.75, 3.05) is 18.4 Å². The maximum absolute atomic E-state index is 11.9. The number of nitrogens with one attached hydrogen (secondary N) is 1. The van der Waals surface area contributed by atoms with Gasteiger partial charge in [-0.2, -0.15) is 0 Å². The minimum absolute atomic E-state index is 0.173. The molecule has 0 spiro atoms. The van der Waals surface area contributed by atoms with Crippen LogP contribution in [0, 0.1) is 0 Å². The molecule has 0 aliphatic carbocycles. The van der Waals surface area contributed by atoms with Crippen LogP contribution in [0.1, 0.15) is 17.4 Å². The molecular weight excluding hydrogens is 350 g/mol. The van der Waals surface area contributed by atoms with Crippen LogP contribution < -0.4 is 5.32 Å². The zero-order chi connectivity index (χ0) is 17.4. The fourth-order valence-corrected chi connectivity index (χ4v) is 5.59. The van der Waals surface area contributed by atoms with Gasteiger partial charge in [-0.25, -0.2) is 4.98 Å². The quantitative estimate of drug-likeness (QED) is 0.688. The van der Waals surface area contributed by atoms with E-state index in [1.54, 1.807) is 22.7 Å². The summed E-state index contributed by atoms with van der Waals surface area (Å²) in [6, 6.07) is 8.17. The van der Waals surface area contributed by atoms with E-state index in [4.69, 9.17) is 4.98 Å². The summed E-state index contributed by atoms with van der Waals surface area (Å²) in [7, 11) is 0. The monoisotopic (exact) mass is 369 g/mol. The van der Waals surface area contributed by atoms with Crippen molar-refractivity contribution < 1.29 is 4.79 Å². The second-order valence-corrected chi connectivity index (χ2v) is 8.14. The van der Waals surface area contributed by atoms with Crippen molar-refractivity contribution in [2.24, 2.45) is 0 Å². The molecule has 3 heterocycles. The summed E-state index contributed by atoms with van der Waals surface area (Å²) >= 11 is 3.36. The van der Waals surface area contributed by atoms with Crippen LogP contribution in [0.3, 0.4) is 0 Å². The fraction of sp³-hybridized carbons (Fsp3) is 0.263. The van der Waals surface area contributed by atoms with E-state index in [1.165, 1.54) is 21.2 Å². The lowest BCUT2D eigenvalue weighted by Crippen LogP contribution is -2.29. The number of nitrogens with zero attached hydrogens (tertiary/aromatic N) is 2. The zero-order valence-electron chi connectivity index (χ0n) is 14.0. The van der Waals surface area contributed by atoms with Crippen LogP contribution in [0.25, 0.3) is 20.8 Å². The average Bonchev–Trinajstić information content (AvgIpc) is 3.20. The minimum Gasteiger partial charge on any atom is -0.314 e. The lowest BCUT2D eigenvalue weighted by Gasteiger charge is -2.25. The van der Waals surface area contributed by atoms with Gasteiger partial charge in [0, 0.05) is 23.5 Å². The second kappa shape index (κ2) is 6.71. The van der Waals surface area contributed by atoms with E-state index in [9.17, 15) is 4.79 Å². The molecule has 1 aliphatic heterocycles. The Kier molecular flexibility index (Phi) is 4.41. The van der Waals surface area contributed by atoms with Gasteiger partial charge in [-0.05, 0) is 36.7 Å². The van der Waals surface area contributed by atoms with Gasteiger partial charge in [-0.3, -0.25) is 9.69 Å². The number of thiophene rings is 1. The molecule has 4 nitrogen and oxygen atoms in total. The number of carbonyl (C=O) groups excluding carboxylic acids is 1. The molecule has 0 saturated heterocycles. The average molecular weight is 370 g/mol. The first-order chi connectivity index (χ1) is 12.2. The minimum atomic E-state index is -0.173. The first-order valence-electron chi connectivity index (χ1n) is 8.36. The lowest BCUT2D eigenvalue weighted by molar-refractivity contribution is -0.111. The molecule has 25 heavy (non-hydrogen) atoms. The maximum Gasteiger partial charge on any atom is 0.248 e. The van der Waals surface area contributed by atoms with E-state index in [0.717, 1.165) is 47.1 Å². The molecule has 2 aromatic heterocycles. The van der Waals surface area contributed by atoms with E-state index in [2.05, 4.69) is 29.8 Å². The van der Waals surface area contributed by atoms with Crippen molar-refractivity contribution >= 4 is 43.8 Å². The highest BCUT2D eigenvalue weighted by atomic mass is 32.1. The molecule has 0 atom stereocenters. The Bertz CT molecular complexity index is 924. The highest BCUT2D eigenvalue weighted by Gasteiger charge is 2.26. The van der Waals surface area contributed by atoms with Gasteiger partial charge in [0.2, 0.25) is 5.91 Å². The molecule has 4 rings (SSSR count). The van der Waals surface area contributed by atoms with Gasteiger partial charge < -0.3 is 5.32 Å². The standard InChI is InChI=1S/C19H19N3OS2/c1-3-16(23)21-19-17(12-9-10-22(4-2)11-15(12)25-19)18-20-13-7-5-6-8-14(13)24-18/h3,5-8H,1,4,9-11H2,2H3,(H,21,23). The van der Waals surface area contributed by atoms with E-state index < -0.39 is 0 Å². The summed E-state index contributed by atoms with van der Waals surface area (Å²) in [4.78, 5) is 20.5. The van der Waals surface area contributed by atoms with Gasteiger partial charge in [-0.15, -0.1) is 22.7 Å². The van der Waals surface area contributed by atoms with Crippen LogP contribution in [-0.4, -0.2) is 28.9 Å². The van der Waals surface area contributed by atoms with Gasteiger partial charge in [0.25, 0.3) is 0 Å². The number of fused-ring (bicyclic) bond motifs is 2. The third-order valence-electron chi connectivity index (χ3n) is 4.51. The molecule has 0 bridgehead atoms. The molecule has 1 aliphatic rings. The Morgan fingerprint density at radius 1 is 1.40 bits per heavy atom. The van der Waals surface area contributed by atoms with Crippen LogP contribution in [-0.2, 0) is 17.8 Å². The predicted octanol–water partition coefficient (Wildman–Crippen LogP) is 4.53. The third-order valence-corrected chi connectivity index (χ3v) is 6.70. The Balaban J connectivity index is 1.85. The number of thiazole rings is 1. The molecule has 6 heteroatoms. The number of rotatable bonds is 4. The topological polar surface area (TPSA) is 45.2 Å². The van der Waals surface area contributed by atoms with Crippen molar-refractivity contribution in [1.82, 2.24) is 9.88 Å². The zero-order valence-corrected chi connectivity index (χ0v) is 15.7. The lowest BCUT2D eigenvalue weighted by atomic mass is 10.0. The van der Waals surface area contributed by atoms with E-state index >= 15 is 0 Å². The number of amides is 1. The van der Waals surface area contributed by atoms with Gasteiger partial charge in [0.05, 0.1) is 10.2 Å². The molecule has 0 fully saturated rings. The van der Waals surface area contributed by atoms with Crippen LogP contribution in [0.4, 0.5) is 5.00 Å². The summed E-state index contributed by atoms with van der Waals surface area (Å²) in [5, 5.41) is 4.89. The van der Waals surface area contributed by atoms with Gasteiger partial charge in [0.15, 0.2) is 0 Å². The number of hydrogen-bond donors (Lipinski definition) is 1. The van der Waals surface area contributed by atoms with Gasteiger partial charge >= 0.3 is 0 Å². The van der Waals surface area contributed by atoms with Crippen molar-refractivity contribution in [2.45, 2.75) is 19.9 Å². The normalized spacial score (nSPS) is 14.4. The van der Waals surface area contributed by atoms with E-state index in [-0.39, 0.29) is 5.91 Å². The van der Waals surface area contributed by atoms with Crippen molar-refractivity contribution in [3.8, 4) is 10.6 Å². The number of likely N-dealkylation sites (N-methyl/N-ethyl adjacent to an activating group) is 1. The molecule has 0 saturated carbocycles. The molecular formula is C19H19N3OS2. The number of anilines is 1. The van der Waals surface area contributed by atoms with Crippen LogP contribution in [0.15, 0.2) is 36.9 Å². The first kappa shape index (κ1) is 16.4. The number of carbonyl (C=O) groups is 1. The summed E-state index contributed by atoms with van der Waals surface area (Å²) in [5.74, 6) is -0.173. The maximum atomic E-state index is 11.9. The molecule has 0 radical (unpaired) electrons. The highest BCUT2D eigenvalue weighted by molar-refractivity contribution is 7.22. The van der Waals surface area contributed by atoms with Crippen molar-refractivity contribution in [3.05, 3.63) is 47.4 Å². The Morgan fingerprint density at radius 3 is 3.00 bits per heavy atom. The number of hydrogen-bond acceptors (Lipinski definition) is 5. The first-order valence-corrected chi connectivity index (χ1v) is 9.99. The Hall–Kier alpha value is -2.02. The van der Waals surface area contributed by atoms with Crippen LogP contribution in [0.5, 0.6) is 0 Å². The molecule has 1 N–H and O–H groups in total. The number of para-hydroxylation sites is 1. The van der Waals surface area contributed by atoms with E-state index in [1.807, 2.05) is 18.2 Å². The SMILES string of the molecule is C=CC(=O)Nc1sc2c(c1-c1nc3ccccc3s1)CCN(CC)C2. The van der Waals surface area contributed by atoms with E-state index in [0.29, 0.717) is 0 Å². The summed E-state index contributed by atoms with van der Waals surface area (Å²) in [5.41, 5.74) is 3.45. The molecule has 128 valence electrons. The van der Waals surface area contributed by atoms with Crippen LogP contribution >= 0.6 is 22.7 Å². The largest absolute Gasteiger partial charge is 0.314 e.